The van der Waals surface area contributed by atoms with Gasteiger partial charge < -0.3 is 5.32 Å². The van der Waals surface area contributed by atoms with E-state index in [-0.39, 0.29) is 5.78 Å². The van der Waals surface area contributed by atoms with Crippen LogP contribution < -0.4 is 5.32 Å². The van der Waals surface area contributed by atoms with Crippen LogP contribution in [0.25, 0.3) is 0 Å². The van der Waals surface area contributed by atoms with Crippen molar-refractivity contribution in [3.05, 3.63) is 35.9 Å². The summed E-state index contributed by atoms with van der Waals surface area (Å²) in [7, 11) is 0. The second-order valence-electron chi connectivity index (χ2n) is 4.63. The second-order valence-corrected chi connectivity index (χ2v) is 4.63. The van der Waals surface area contributed by atoms with Gasteiger partial charge in [0.1, 0.15) is 0 Å². The lowest BCUT2D eigenvalue weighted by atomic mass is 10.1. The first-order valence-corrected chi connectivity index (χ1v) is 6.30. The summed E-state index contributed by atoms with van der Waals surface area (Å²) in [6.45, 7) is 6.18. The molecule has 1 aromatic carbocycles. The molecule has 1 heterocycles. The Labute approximate surface area is 103 Å². The van der Waals surface area contributed by atoms with Crippen LogP contribution in [-0.4, -0.2) is 42.9 Å². The van der Waals surface area contributed by atoms with Crippen LogP contribution in [0, 0.1) is 0 Å². The molecule has 0 aromatic heterocycles. The molecule has 1 saturated heterocycles. The van der Waals surface area contributed by atoms with Crippen LogP contribution in [0.3, 0.4) is 0 Å². The predicted molar refractivity (Wildman–Crippen MR) is 69.3 cm³/mol. The molecule has 1 N–H and O–H groups in total. The molecule has 0 radical (unpaired) electrons. The zero-order valence-corrected chi connectivity index (χ0v) is 10.4. The molecule has 3 nitrogen and oxygen atoms in total. The van der Waals surface area contributed by atoms with E-state index in [9.17, 15) is 4.79 Å². The molecule has 1 aliphatic heterocycles. The summed E-state index contributed by atoms with van der Waals surface area (Å²) in [4.78, 5) is 14.3. The zero-order valence-electron chi connectivity index (χ0n) is 10.4. The van der Waals surface area contributed by atoms with Crippen LogP contribution in [0.1, 0.15) is 23.7 Å². The molecule has 1 unspecified atom stereocenters. The van der Waals surface area contributed by atoms with Crippen LogP contribution in [0.2, 0.25) is 0 Å². The molecule has 1 aromatic rings. The Bertz CT molecular complexity index is 364. The van der Waals surface area contributed by atoms with Gasteiger partial charge in [0.05, 0.1) is 0 Å². The van der Waals surface area contributed by atoms with Gasteiger partial charge in [0.25, 0.3) is 0 Å². The molecule has 3 heteroatoms. The maximum absolute atomic E-state index is 12.0. The normalized spacial score (nSPS) is 21.4. The molecule has 17 heavy (non-hydrogen) atoms. The SMILES string of the molecule is CC1CNCCN1CCC(=O)c1ccccc1. The number of benzene rings is 1. The highest BCUT2D eigenvalue weighted by Crippen LogP contribution is 2.07. The fourth-order valence-corrected chi connectivity index (χ4v) is 2.23. The summed E-state index contributed by atoms with van der Waals surface area (Å²) in [6.07, 6.45) is 0.619. The summed E-state index contributed by atoms with van der Waals surface area (Å²) in [5.41, 5.74) is 0.829. The Hall–Kier alpha value is -1.19. The molecule has 2 rings (SSSR count). The lowest BCUT2D eigenvalue weighted by molar-refractivity contribution is 0.0942. The van der Waals surface area contributed by atoms with Crippen molar-refractivity contribution >= 4 is 5.78 Å². The molecule has 1 atom stereocenters. The number of carbonyl (C=O) groups excluding carboxylic acids is 1. The Morgan fingerprint density at radius 3 is 2.88 bits per heavy atom. The number of rotatable bonds is 4. The predicted octanol–water partition coefficient (Wildman–Crippen LogP) is 1.55. The maximum atomic E-state index is 12.0. The number of nitrogens with one attached hydrogen (secondary N) is 1. The quantitative estimate of drug-likeness (QED) is 0.799. The first kappa shape index (κ1) is 12.3. The molecule has 1 aliphatic rings. The smallest absolute Gasteiger partial charge is 0.164 e. The molecule has 0 aliphatic carbocycles. The van der Waals surface area contributed by atoms with E-state index >= 15 is 0 Å². The summed E-state index contributed by atoms with van der Waals surface area (Å²) in [6, 6.07) is 10.1. The molecule has 1 fully saturated rings. The average molecular weight is 232 g/mol. The number of nitrogens with zero attached hydrogens (tertiary/aromatic N) is 1. The monoisotopic (exact) mass is 232 g/mol. The van der Waals surface area contributed by atoms with Crippen molar-refractivity contribution in [1.82, 2.24) is 10.2 Å². The van der Waals surface area contributed by atoms with Crippen molar-refractivity contribution in [2.24, 2.45) is 0 Å². The van der Waals surface area contributed by atoms with E-state index in [0.717, 1.165) is 31.7 Å². The Kier molecular flexibility index (Phi) is 4.29. The van der Waals surface area contributed by atoms with Crippen LogP contribution in [-0.2, 0) is 0 Å². The van der Waals surface area contributed by atoms with Gasteiger partial charge in [-0.25, -0.2) is 0 Å². The van der Waals surface area contributed by atoms with E-state index in [0.29, 0.717) is 12.5 Å². The van der Waals surface area contributed by atoms with Crippen LogP contribution in [0.15, 0.2) is 30.3 Å². The Balaban J connectivity index is 1.84. The van der Waals surface area contributed by atoms with Gasteiger partial charge >= 0.3 is 0 Å². The first-order chi connectivity index (χ1) is 8.27. The van der Waals surface area contributed by atoms with Gasteiger partial charge in [0, 0.05) is 44.2 Å². The number of Topliss-reactive ketones (excluding diaryl/α,β-unsaturated/α-hetero) is 1. The topological polar surface area (TPSA) is 32.3 Å². The first-order valence-electron chi connectivity index (χ1n) is 6.30. The summed E-state index contributed by atoms with van der Waals surface area (Å²) >= 11 is 0. The summed E-state index contributed by atoms with van der Waals surface area (Å²) in [5, 5.41) is 3.36. The van der Waals surface area contributed by atoms with Crippen molar-refractivity contribution < 1.29 is 4.79 Å². The van der Waals surface area contributed by atoms with E-state index in [1.807, 2.05) is 30.3 Å². The van der Waals surface area contributed by atoms with Gasteiger partial charge in [-0.15, -0.1) is 0 Å². The van der Waals surface area contributed by atoms with Crippen LogP contribution in [0.5, 0.6) is 0 Å². The number of piperazine rings is 1. The molecule has 0 saturated carbocycles. The summed E-state index contributed by atoms with van der Waals surface area (Å²) in [5.74, 6) is 0.247. The van der Waals surface area contributed by atoms with Gasteiger partial charge in [-0.2, -0.15) is 0 Å². The number of carbonyl (C=O) groups is 1. The van der Waals surface area contributed by atoms with Crippen molar-refractivity contribution in [3.8, 4) is 0 Å². The molecular formula is C14H20N2O. The minimum Gasteiger partial charge on any atom is -0.314 e. The van der Waals surface area contributed by atoms with Gasteiger partial charge in [-0.05, 0) is 6.92 Å². The van der Waals surface area contributed by atoms with Gasteiger partial charge in [-0.1, -0.05) is 30.3 Å². The lowest BCUT2D eigenvalue weighted by Gasteiger charge is -2.33. The van der Waals surface area contributed by atoms with Crippen LogP contribution in [0.4, 0.5) is 0 Å². The standard InChI is InChI=1S/C14H20N2O/c1-12-11-15-8-10-16(12)9-7-14(17)13-5-3-2-4-6-13/h2-6,12,15H,7-11H2,1H3. The molecule has 0 spiro atoms. The van der Waals surface area contributed by atoms with Gasteiger partial charge in [0.2, 0.25) is 0 Å². The maximum Gasteiger partial charge on any atom is 0.164 e. The van der Waals surface area contributed by atoms with Crippen LogP contribution >= 0.6 is 0 Å². The third-order valence-electron chi connectivity index (χ3n) is 3.36. The average Bonchev–Trinajstić information content (AvgIpc) is 2.38. The lowest BCUT2D eigenvalue weighted by Crippen LogP contribution is -2.50. The van der Waals surface area contributed by atoms with E-state index in [2.05, 4.69) is 17.1 Å². The van der Waals surface area contributed by atoms with E-state index in [1.165, 1.54) is 0 Å². The van der Waals surface area contributed by atoms with E-state index in [1.54, 1.807) is 0 Å². The summed E-state index contributed by atoms with van der Waals surface area (Å²) < 4.78 is 0. The minimum atomic E-state index is 0.247. The highest BCUT2D eigenvalue weighted by molar-refractivity contribution is 5.96. The molecule has 0 bridgehead atoms. The van der Waals surface area contributed by atoms with E-state index < -0.39 is 0 Å². The van der Waals surface area contributed by atoms with Gasteiger partial charge in [0.15, 0.2) is 5.78 Å². The second kappa shape index (κ2) is 5.94. The largest absolute Gasteiger partial charge is 0.314 e. The molecule has 92 valence electrons. The highest BCUT2D eigenvalue weighted by atomic mass is 16.1. The number of hydrogen-bond donors (Lipinski definition) is 1. The fraction of sp³-hybridized carbons (Fsp3) is 0.500. The van der Waals surface area contributed by atoms with Crippen molar-refractivity contribution in [2.45, 2.75) is 19.4 Å². The highest BCUT2D eigenvalue weighted by Gasteiger charge is 2.18. The number of hydrogen-bond acceptors (Lipinski definition) is 3. The van der Waals surface area contributed by atoms with Gasteiger partial charge in [-0.3, -0.25) is 9.69 Å². The van der Waals surface area contributed by atoms with E-state index in [4.69, 9.17) is 0 Å². The van der Waals surface area contributed by atoms with Crippen molar-refractivity contribution in [2.75, 3.05) is 26.2 Å². The third-order valence-corrected chi connectivity index (χ3v) is 3.36. The Morgan fingerprint density at radius 2 is 2.18 bits per heavy atom. The zero-order chi connectivity index (χ0) is 12.1. The number of ketones is 1. The van der Waals surface area contributed by atoms with Crippen molar-refractivity contribution in [3.63, 3.8) is 0 Å². The minimum absolute atomic E-state index is 0.247. The molecular weight excluding hydrogens is 212 g/mol. The van der Waals surface area contributed by atoms with Crippen molar-refractivity contribution in [1.29, 1.82) is 0 Å². The Morgan fingerprint density at radius 1 is 1.41 bits per heavy atom. The molecule has 0 amide bonds. The fourth-order valence-electron chi connectivity index (χ4n) is 2.23. The third kappa shape index (κ3) is 3.38.